The summed E-state index contributed by atoms with van der Waals surface area (Å²) in [6, 6.07) is 0. The Morgan fingerprint density at radius 2 is 1.60 bits per heavy atom. The van der Waals surface area contributed by atoms with Crippen molar-refractivity contribution in [2.45, 2.75) is 26.2 Å². The first-order chi connectivity index (χ1) is 7.06. The molecule has 0 saturated heterocycles. The zero-order chi connectivity index (χ0) is 11.7. The van der Waals surface area contributed by atoms with Crippen molar-refractivity contribution in [3.8, 4) is 0 Å². The molecule has 0 saturated carbocycles. The molecule has 0 fully saturated rings. The van der Waals surface area contributed by atoms with Crippen LogP contribution in [0.5, 0.6) is 0 Å². The molecule has 0 aromatic carbocycles. The van der Waals surface area contributed by atoms with Crippen LogP contribution in [0.25, 0.3) is 0 Å². The van der Waals surface area contributed by atoms with E-state index in [1.165, 1.54) is 0 Å². The molecule has 0 unspecified atom stereocenters. The number of rotatable bonds is 7. The summed E-state index contributed by atoms with van der Waals surface area (Å²) in [5, 5.41) is 13.1. The molecule has 0 aromatic heterocycles. The second-order valence-electron chi connectivity index (χ2n) is 2.98. The van der Waals surface area contributed by atoms with Crippen LogP contribution in [0.3, 0.4) is 0 Å². The van der Waals surface area contributed by atoms with Crippen LogP contribution in [0.4, 0.5) is 0 Å². The molecule has 86 valence electrons. The number of carbonyl (C=O) groups excluding carboxylic acids is 2. The number of carbonyl (C=O) groups is 3. The first kappa shape index (κ1) is 13.4. The Balaban J connectivity index is 3.46. The fraction of sp³-hybridized carbons (Fsp3) is 0.667. The second kappa shape index (κ2) is 7.78. The Morgan fingerprint density at radius 1 is 1.07 bits per heavy atom. The molecule has 0 spiro atoms. The maximum absolute atomic E-state index is 11.0. The maximum Gasteiger partial charge on any atom is 0.322 e. The van der Waals surface area contributed by atoms with Crippen LogP contribution in [0, 0.1) is 0 Å². The average Bonchev–Trinajstić information content (AvgIpc) is 2.15. The van der Waals surface area contributed by atoms with Gasteiger partial charge in [-0.2, -0.15) is 0 Å². The predicted molar refractivity (Wildman–Crippen MR) is 53.2 cm³/mol. The molecule has 0 aliphatic rings. The lowest BCUT2D eigenvalue weighted by Crippen LogP contribution is -2.29. The van der Waals surface area contributed by atoms with Crippen LogP contribution in [-0.4, -0.2) is 36.0 Å². The van der Waals surface area contributed by atoms with Gasteiger partial charge >= 0.3 is 5.97 Å². The molecule has 0 aromatic rings. The van der Waals surface area contributed by atoms with Gasteiger partial charge in [0.05, 0.1) is 0 Å². The van der Waals surface area contributed by atoms with Gasteiger partial charge in [0.25, 0.3) is 0 Å². The summed E-state index contributed by atoms with van der Waals surface area (Å²) in [4.78, 5) is 32.0. The van der Waals surface area contributed by atoms with E-state index in [1.807, 2.05) is 6.92 Å². The van der Waals surface area contributed by atoms with Crippen molar-refractivity contribution in [2.24, 2.45) is 0 Å². The van der Waals surface area contributed by atoms with Gasteiger partial charge in [0.2, 0.25) is 11.8 Å². The van der Waals surface area contributed by atoms with Gasteiger partial charge in [-0.25, -0.2) is 0 Å². The third-order valence-corrected chi connectivity index (χ3v) is 1.62. The lowest BCUT2D eigenvalue weighted by Gasteiger charge is -2.02. The van der Waals surface area contributed by atoms with E-state index in [-0.39, 0.29) is 31.2 Å². The van der Waals surface area contributed by atoms with Crippen LogP contribution in [0.2, 0.25) is 0 Å². The van der Waals surface area contributed by atoms with E-state index in [0.29, 0.717) is 13.0 Å². The molecule has 0 aliphatic heterocycles. The minimum Gasteiger partial charge on any atom is -0.480 e. The van der Waals surface area contributed by atoms with Gasteiger partial charge in [0.15, 0.2) is 0 Å². The third-order valence-electron chi connectivity index (χ3n) is 1.62. The van der Waals surface area contributed by atoms with Crippen LogP contribution < -0.4 is 10.6 Å². The van der Waals surface area contributed by atoms with Gasteiger partial charge in [-0.15, -0.1) is 0 Å². The molecule has 0 bridgehead atoms. The fourth-order valence-corrected chi connectivity index (χ4v) is 0.958. The maximum atomic E-state index is 11.0. The summed E-state index contributed by atoms with van der Waals surface area (Å²) in [5.74, 6) is -1.52. The van der Waals surface area contributed by atoms with Crippen molar-refractivity contribution in [3.05, 3.63) is 0 Å². The molecular weight excluding hydrogens is 200 g/mol. The Hall–Kier alpha value is -1.59. The number of carboxylic acid groups (broad SMARTS) is 1. The molecule has 0 atom stereocenters. The standard InChI is InChI=1S/C9H16N2O4/c1-2-10-7(12)4-3-5-8(13)11-6-9(14)15/h2-6H2,1H3,(H,10,12)(H,11,13)(H,14,15). The van der Waals surface area contributed by atoms with Gasteiger partial charge in [0, 0.05) is 19.4 Å². The van der Waals surface area contributed by atoms with Crippen molar-refractivity contribution in [3.63, 3.8) is 0 Å². The Bertz CT molecular complexity index is 240. The first-order valence-corrected chi connectivity index (χ1v) is 4.81. The molecule has 6 nitrogen and oxygen atoms in total. The monoisotopic (exact) mass is 216 g/mol. The van der Waals surface area contributed by atoms with Gasteiger partial charge in [-0.05, 0) is 13.3 Å². The number of carboxylic acids is 1. The highest BCUT2D eigenvalue weighted by Crippen LogP contribution is 1.94. The summed E-state index contributed by atoms with van der Waals surface area (Å²) in [6.07, 6.45) is 0.885. The number of hydrogen-bond acceptors (Lipinski definition) is 3. The summed E-state index contributed by atoms with van der Waals surface area (Å²) >= 11 is 0. The molecule has 2 amide bonds. The topological polar surface area (TPSA) is 95.5 Å². The van der Waals surface area contributed by atoms with Gasteiger partial charge < -0.3 is 15.7 Å². The van der Waals surface area contributed by atoms with Crippen LogP contribution in [0.1, 0.15) is 26.2 Å². The summed E-state index contributed by atoms with van der Waals surface area (Å²) < 4.78 is 0. The molecule has 6 heteroatoms. The quantitative estimate of drug-likeness (QED) is 0.534. The normalized spacial score (nSPS) is 9.40. The Morgan fingerprint density at radius 3 is 2.07 bits per heavy atom. The highest BCUT2D eigenvalue weighted by molar-refractivity contribution is 5.81. The zero-order valence-electron chi connectivity index (χ0n) is 8.71. The highest BCUT2D eigenvalue weighted by Gasteiger charge is 2.05. The van der Waals surface area contributed by atoms with Crippen molar-refractivity contribution >= 4 is 17.8 Å². The molecular formula is C9H16N2O4. The first-order valence-electron chi connectivity index (χ1n) is 4.81. The van der Waals surface area contributed by atoms with Gasteiger partial charge in [-0.1, -0.05) is 0 Å². The van der Waals surface area contributed by atoms with E-state index in [2.05, 4.69) is 10.6 Å². The lowest BCUT2D eigenvalue weighted by molar-refractivity contribution is -0.138. The zero-order valence-corrected chi connectivity index (χ0v) is 8.71. The lowest BCUT2D eigenvalue weighted by atomic mass is 10.2. The molecule has 0 rings (SSSR count). The van der Waals surface area contributed by atoms with E-state index < -0.39 is 5.97 Å². The van der Waals surface area contributed by atoms with Gasteiger partial charge in [0.1, 0.15) is 6.54 Å². The molecule has 0 aliphatic carbocycles. The highest BCUT2D eigenvalue weighted by atomic mass is 16.4. The van der Waals surface area contributed by atoms with E-state index in [9.17, 15) is 14.4 Å². The van der Waals surface area contributed by atoms with Crippen LogP contribution >= 0.6 is 0 Å². The number of amides is 2. The molecule has 0 heterocycles. The minimum atomic E-state index is -1.08. The van der Waals surface area contributed by atoms with E-state index >= 15 is 0 Å². The molecule has 3 N–H and O–H groups in total. The fourth-order valence-electron chi connectivity index (χ4n) is 0.958. The van der Waals surface area contributed by atoms with Crippen molar-refractivity contribution < 1.29 is 19.5 Å². The van der Waals surface area contributed by atoms with E-state index in [1.54, 1.807) is 0 Å². The number of aliphatic carboxylic acids is 1. The molecule has 0 radical (unpaired) electrons. The summed E-state index contributed by atoms with van der Waals surface area (Å²) in [7, 11) is 0. The van der Waals surface area contributed by atoms with Gasteiger partial charge in [-0.3, -0.25) is 14.4 Å². The summed E-state index contributed by atoms with van der Waals surface area (Å²) in [5.41, 5.74) is 0. The minimum absolute atomic E-state index is 0.0939. The van der Waals surface area contributed by atoms with Crippen molar-refractivity contribution in [1.82, 2.24) is 10.6 Å². The Kier molecular flexibility index (Phi) is 6.96. The van der Waals surface area contributed by atoms with Crippen molar-refractivity contribution in [1.29, 1.82) is 0 Å². The number of hydrogen-bond donors (Lipinski definition) is 3. The third kappa shape index (κ3) is 8.73. The largest absolute Gasteiger partial charge is 0.480 e. The smallest absolute Gasteiger partial charge is 0.322 e. The Labute approximate surface area is 88.0 Å². The number of nitrogens with one attached hydrogen (secondary N) is 2. The molecule has 15 heavy (non-hydrogen) atoms. The van der Waals surface area contributed by atoms with Crippen LogP contribution in [-0.2, 0) is 14.4 Å². The predicted octanol–water partition coefficient (Wildman–Crippen LogP) is -0.506. The average molecular weight is 216 g/mol. The van der Waals surface area contributed by atoms with E-state index in [4.69, 9.17) is 5.11 Å². The SMILES string of the molecule is CCNC(=O)CCCC(=O)NCC(=O)O. The summed E-state index contributed by atoms with van der Waals surface area (Å²) in [6.45, 7) is 2.02. The second-order valence-corrected chi connectivity index (χ2v) is 2.98. The van der Waals surface area contributed by atoms with Crippen LogP contribution in [0.15, 0.2) is 0 Å². The van der Waals surface area contributed by atoms with E-state index in [0.717, 1.165) is 0 Å². The van der Waals surface area contributed by atoms with Crippen molar-refractivity contribution in [2.75, 3.05) is 13.1 Å².